The molecule has 0 bridgehead atoms. The van der Waals surface area contributed by atoms with Crippen LogP contribution >= 0.6 is 0 Å². The lowest BCUT2D eigenvalue weighted by molar-refractivity contribution is -0.136. The monoisotopic (exact) mass is 473 g/mol. The minimum absolute atomic E-state index is 0.417. The summed E-state index contributed by atoms with van der Waals surface area (Å²) in [6.07, 6.45) is 2.94. The van der Waals surface area contributed by atoms with Crippen LogP contribution in [0.15, 0.2) is 71.8 Å². The van der Waals surface area contributed by atoms with Crippen molar-refractivity contribution >= 4 is 23.7 Å². The van der Waals surface area contributed by atoms with Gasteiger partial charge in [0.25, 0.3) is 0 Å². The van der Waals surface area contributed by atoms with Gasteiger partial charge in [0.1, 0.15) is 6.61 Å². The van der Waals surface area contributed by atoms with Gasteiger partial charge in [-0.2, -0.15) is 5.10 Å². The number of hydrogen-bond acceptors (Lipinski definition) is 5. The third kappa shape index (κ3) is 7.17. The average Bonchev–Trinajstić information content (AvgIpc) is 2.89. The summed E-state index contributed by atoms with van der Waals surface area (Å²) in [7, 11) is 0. The zero-order valence-corrected chi connectivity index (χ0v) is 20.3. The van der Waals surface area contributed by atoms with Crippen molar-refractivity contribution in [2.24, 2.45) is 5.10 Å². The quantitative estimate of drug-likeness (QED) is 0.250. The molecule has 0 atom stereocenters. The summed E-state index contributed by atoms with van der Waals surface area (Å²) >= 11 is 0. The number of para-hydroxylation sites is 1. The van der Waals surface area contributed by atoms with Crippen LogP contribution < -0.4 is 20.2 Å². The Balaban J connectivity index is 1.62. The standard InChI is InChI=1S/C28H31N3O4/c1-4-22-13-10-14-23(5-2)26(22)30-27(32)28(33)31-29-18-21-15-16-24(25(17-21)34-6-3)35-19-20-11-8-7-9-12-20/h7-18H,4-6,19H2,1-3H3,(H,30,32)(H,31,33)/b29-18-. The predicted octanol–water partition coefficient (Wildman–Crippen LogP) is 4.88. The van der Waals surface area contributed by atoms with Crippen molar-refractivity contribution in [3.8, 4) is 11.5 Å². The molecule has 35 heavy (non-hydrogen) atoms. The van der Waals surface area contributed by atoms with Crippen LogP contribution in [-0.4, -0.2) is 24.6 Å². The number of hydrogen-bond donors (Lipinski definition) is 2. The predicted molar refractivity (Wildman–Crippen MR) is 138 cm³/mol. The van der Waals surface area contributed by atoms with Gasteiger partial charge in [-0.05, 0) is 60.2 Å². The van der Waals surface area contributed by atoms with E-state index in [2.05, 4.69) is 15.8 Å². The summed E-state index contributed by atoms with van der Waals surface area (Å²) in [5, 5.41) is 6.66. The maximum Gasteiger partial charge on any atom is 0.329 e. The lowest BCUT2D eigenvalue weighted by atomic mass is 10.0. The first-order valence-electron chi connectivity index (χ1n) is 11.7. The van der Waals surface area contributed by atoms with E-state index in [9.17, 15) is 9.59 Å². The third-order valence-electron chi connectivity index (χ3n) is 5.33. The van der Waals surface area contributed by atoms with Crippen LogP contribution in [0, 0.1) is 0 Å². The first-order valence-corrected chi connectivity index (χ1v) is 11.7. The molecule has 0 unspecified atom stereocenters. The van der Waals surface area contributed by atoms with Crippen molar-refractivity contribution in [2.75, 3.05) is 11.9 Å². The Morgan fingerprint density at radius 2 is 1.54 bits per heavy atom. The highest BCUT2D eigenvalue weighted by molar-refractivity contribution is 6.39. The molecule has 2 N–H and O–H groups in total. The zero-order valence-electron chi connectivity index (χ0n) is 20.3. The van der Waals surface area contributed by atoms with Gasteiger partial charge in [0.2, 0.25) is 0 Å². The number of hydrazone groups is 1. The Labute approximate surface area is 206 Å². The van der Waals surface area contributed by atoms with Crippen molar-refractivity contribution in [3.05, 3.63) is 89.0 Å². The molecule has 0 aromatic heterocycles. The molecule has 2 amide bonds. The molecule has 0 aliphatic carbocycles. The molecule has 0 aliphatic heterocycles. The number of carbonyl (C=O) groups is 2. The van der Waals surface area contributed by atoms with E-state index in [1.807, 2.05) is 69.3 Å². The summed E-state index contributed by atoms with van der Waals surface area (Å²) in [6, 6.07) is 21.0. The fourth-order valence-corrected chi connectivity index (χ4v) is 3.52. The second kappa shape index (κ2) is 12.9. The van der Waals surface area contributed by atoms with Gasteiger partial charge >= 0.3 is 11.8 Å². The van der Waals surface area contributed by atoms with E-state index in [1.54, 1.807) is 18.2 Å². The van der Waals surface area contributed by atoms with Gasteiger partial charge in [0.15, 0.2) is 11.5 Å². The molecule has 182 valence electrons. The van der Waals surface area contributed by atoms with Gasteiger partial charge in [-0.15, -0.1) is 0 Å². The number of nitrogens with zero attached hydrogens (tertiary/aromatic N) is 1. The first kappa shape index (κ1) is 25.5. The highest BCUT2D eigenvalue weighted by atomic mass is 16.5. The minimum atomic E-state index is -0.845. The number of amides is 2. The molecule has 0 radical (unpaired) electrons. The van der Waals surface area contributed by atoms with Crippen LogP contribution in [0.5, 0.6) is 11.5 Å². The van der Waals surface area contributed by atoms with Crippen molar-refractivity contribution < 1.29 is 19.1 Å². The second-order valence-electron chi connectivity index (χ2n) is 7.73. The number of rotatable bonds is 10. The Kier molecular flexibility index (Phi) is 9.42. The van der Waals surface area contributed by atoms with Crippen molar-refractivity contribution in [3.63, 3.8) is 0 Å². The van der Waals surface area contributed by atoms with E-state index in [0.29, 0.717) is 36.0 Å². The number of nitrogens with one attached hydrogen (secondary N) is 2. The summed E-state index contributed by atoms with van der Waals surface area (Å²) < 4.78 is 11.6. The molecule has 3 rings (SSSR count). The summed E-state index contributed by atoms with van der Waals surface area (Å²) in [5.41, 5.74) is 6.67. The van der Waals surface area contributed by atoms with Crippen molar-refractivity contribution in [1.29, 1.82) is 0 Å². The molecule has 3 aromatic carbocycles. The van der Waals surface area contributed by atoms with E-state index in [1.165, 1.54) is 6.21 Å². The first-order chi connectivity index (χ1) is 17.0. The van der Waals surface area contributed by atoms with Crippen LogP contribution in [0.2, 0.25) is 0 Å². The highest BCUT2D eigenvalue weighted by Crippen LogP contribution is 2.29. The van der Waals surface area contributed by atoms with Crippen LogP contribution in [-0.2, 0) is 29.0 Å². The third-order valence-corrected chi connectivity index (χ3v) is 5.33. The van der Waals surface area contributed by atoms with Gasteiger partial charge in [-0.1, -0.05) is 62.4 Å². The van der Waals surface area contributed by atoms with Crippen molar-refractivity contribution in [1.82, 2.24) is 5.43 Å². The van der Waals surface area contributed by atoms with E-state index in [4.69, 9.17) is 9.47 Å². The van der Waals surface area contributed by atoms with Gasteiger partial charge in [0.05, 0.1) is 12.8 Å². The fraction of sp³-hybridized carbons (Fsp3) is 0.250. The molecular formula is C28H31N3O4. The lowest BCUT2D eigenvalue weighted by Gasteiger charge is -2.13. The fourth-order valence-electron chi connectivity index (χ4n) is 3.52. The Hall–Kier alpha value is -4.13. The van der Waals surface area contributed by atoms with Crippen LogP contribution in [0.4, 0.5) is 5.69 Å². The Bertz CT molecular complexity index is 1150. The van der Waals surface area contributed by atoms with Crippen LogP contribution in [0.1, 0.15) is 43.0 Å². The number of benzene rings is 3. The maximum absolute atomic E-state index is 12.4. The molecule has 0 spiro atoms. The zero-order chi connectivity index (χ0) is 25.0. The molecule has 0 heterocycles. The SMILES string of the molecule is CCOc1cc(/C=N\NC(=O)C(=O)Nc2c(CC)cccc2CC)ccc1OCc1ccccc1. The minimum Gasteiger partial charge on any atom is -0.490 e. The average molecular weight is 474 g/mol. The normalized spacial score (nSPS) is 10.7. The Morgan fingerprint density at radius 1 is 0.829 bits per heavy atom. The molecule has 7 nitrogen and oxygen atoms in total. The molecule has 0 saturated carbocycles. The molecule has 0 fully saturated rings. The van der Waals surface area contributed by atoms with Crippen molar-refractivity contribution in [2.45, 2.75) is 40.2 Å². The largest absolute Gasteiger partial charge is 0.490 e. The van der Waals surface area contributed by atoms with Gasteiger partial charge in [-0.25, -0.2) is 5.43 Å². The van der Waals surface area contributed by atoms with E-state index in [-0.39, 0.29) is 0 Å². The van der Waals surface area contributed by atoms with E-state index < -0.39 is 11.8 Å². The molecule has 0 aliphatic rings. The molecule has 7 heteroatoms. The number of carbonyl (C=O) groups excluding carboxylic acids is 2. The van der Waals surface area contributed by atoms with Gasteiger partial charge < -0.3 is 14.8 Å². The van der Waals surface area contributed by atoms with E-state index >= 15 is 0 Å². The molecular weight excluding hydrogens is 442 g/mol. The molecule has 3 aromatic rings. The maximum atomic E-state index is 12.4. The Morgan fingerprint density at radius 3 is 2.20 bits per heavy atom. The van der Waals surface area contributed by atoms with Crippen LogP contribution in [0.25, 0.3) is 0 Å². The van der Waals surface area contributed by atoms with Gasteiger partial charge in [-0.3, -0.25) is 9.59 Å². The second-order valence-corrected chi connectivity index (χ2v) is 7.73. The summed E-state index contributed by atoms with van der Waals surface area (Å²) in [6.45, 7) is 6.78. The number of anilines is 1. The number of aryl methyl sites for hydroxylation is 2. The van der Waals surface area contributed by atoms with Crippen LogP contribution in [0.3, 0.4) is 0 Å². The lowest BCUT2D eigenvalue weighted by Crippen LogP contribution is -2.33. The topological polar surface area (TPSA) is 89.0 Å². The van der Waals surface area contributed by atoms with E-state index in [0.717, 1.165) is 29.5 Å². The molecule has 0 saturated heterocycles. The summed E-state index contributed by atoms with van der Waals surface area (Å²) in [4.78, 5) is 24.7. The van der Waals surface area contributed by atoms with Gasteiger partial charge in [0, 0.05) is 5.69 Å². The smallest absolute Gasteiger partial charge is 0.329 e. The highest BCUT2D eigenvalue weighted by Gasteiger charge is 2.16. The number of ether oxygens (including phenoxy) is 2. The summed E-state index contributed by atoms with van der Waals surface area (Å²) in [5.74, 6) is -0.434.